The van der Waals surface area contributed by atoms with Crippen molar-refractivity contribution in [2.75, 3.05) is 6.54 Å². The summed E-state index contributed by atoms with van der Waals surface area (Å²) in [4.78, 5) is 35.7. The van der Waals surface area contributed by atoms with E-state index in [1.54, 1.807) is 6.92 Å². The van der Waals surface area contributed by atoms with Gasteiger partial charge >= 0.3 is 0 Å². The molecule has 0 aromatic carbocycles. The van der Waals surface area contributed by atoms with Crippen molar-refractivity contribution in [3.8, 4) is 0 Å². The maximum absolute atomic E-state index is 11.9. The predicted molar refractivity (Wildman–Crippen MR) is 61.8 cm³/mol. The Kier molecular flexibility index (Phi) is 4.62. The molecule has 1 saturated heterocycles. The van der Waals surface area contributed by atoms with Gasteiger partial charge in [-0.25, -0.2) is 0 Å². The van der Waals surface area contributed by atoms with E-state index in [4.69, 9.17) is 5.73 Å². The summed E-state index contributed by atoms with van der Waals surface area (Å²) < 4.78 is 0. The van der Waals surface area contributed by atoms with Gasteiger partial charge in [-0.15, -0.1) is 0 Å². The normalized spacial score (nSPS) is 22.3. The van der Waals surface area contributed by atoms with Gasteiger partial charge < -0.3 is 10.6 Å². The molecule has 1 aliphatic heterocycles. The molecule has 0 aliphatic carbocycles. The lowest BCUT2D eigenvalue weighted by molar-refractivity contribution is -0.149. The largest absolute Gasteiger partial charge is 0.327 e. The Bertz CT molecular complexity index is 330. The second-order valence-electron chi connectivity index (χ2n) is 4.36. The number of imide groups is 1. The Morgan fingerprint density at radius 1 is 1.59 bits per heavy atom. The zero-order chi connectivity index (χ0) is 13.0. The molecule has 0 bridgehead atoms. The topological polar surface area (TPSA) is 92.5 Å². The smallest absolute Gasteiger partial charge is 0.249 e. The standard InChI is InChI=1S/C11H19N3O3/c1-3-4-8(12)5-10(16)14-6-9(15)13-11(17)7(14)2/h7-8H,3-6,12H2,1-2H3,(H,13,15,17). The highest BCUT2D eigenvalue weighted by molar-refractivity contribution is 6.04. The van der Waals surface area contributed by atoms with Crippen molar-refractivity contribution >= 4 is 17.7 Å². The molecule has 96 valence electrons. The van der Waals surface area contributed by atoms with E-state index in [1.807, 2.05) is 6.92 Å². The van der Waals surface area contributed by atoms with Gasteiger partial charge in [0.25, 0.3) is 0 Å². The van der Waals surface area contributed by atoms with Crippen molar-refractivity contribution in [3.63, 3.8) is 0 Å². The summed E-state index contributed by atoms with van der Waals surface area (Å²) in [6.45, 7) is 3.53. The van der Waals surface area contributed by atoms with Gasteiger partial charge in [0.05, 0.1) is 0 Å². The molecule has 3 N–H and O–H groups in total. The molecule has 6 heteroatoms. The van der Waals surface area contributed by atoms with Crippen LogP contribution in [-0.2, 0) is 14.4 Å². The van der Waals surface area contributed by atoms with Gasteiger partial charge in [-0.3, -0.25) is 19.7 Å². The zero-order valence-electron chi connectivity index (χ0n) is 10.2. The summed E-state index contributed by atoms with van der Waals surface area (Å²) in [5.74, 6) is -1.11. The average molecular weight is 241 g/mol. The van der Waals surface area contributed by atoms with E-state index in [0.717, 1.165) is 12.8 Å². The average Bonchev–Trinajstić information content (AvgIpc) is 2.23. The van der Waals surface area contributed by atoms with E-state index in [0.29, 0.717) is 0 Å². The van der Waals surface area contributed by atoms with Crippen LogP contribution in [0.15, 0.2) is 0 Å². The van der Waals surface area contributed by atoms with Crippen LogP contribution in [0.2, 0.25) is 0 Å². The number of nitrogens with zero attached hydrogens (tertiary/aromatic N) is 1. The van der Waals surface area contributed by atoms with Crippen LogP contribution in [-0.4, -0.2) is 41.2 Å². The maximum atomic E-state index is 11.9. The van der Waals surface area contributed by atoms with Gasteiger partial charge in [0.1, 0.15) is 12.6 Å². The fourth-order valence-electron chi connectivity index (χ4n) is 1.83. The highest BCUT2D eigenvalue weighted by Crippen LogP contribution is 2.09. The molecule has 1 heterocycles. The Morgan fingerprint density at radius 2 is 2.24 bits per heavy atom. The molecule has 1 rings (SSSR count). The predicted octanol–water partition coefficient (Wildman–Crippen LogP) is -0.623. The lowest BCUT2D eigenvalue weighted by Crippen LogP contribution is -2.59. The number of hydrogen-bond acceptors (Lipinski definition) is 4. The summed E-state index contributed by atoms with van der Waals surface area (Å²) in [6.07, 6.45) is 1.84. The Balaban J connectivity index is 2.61. The minimum absolute atomic E-state index is 0.0649. The third-order valence-corrected chi connectivity index (χ3v) is 2.84. The molecular weight excluding hydrogens is 222 g/mol. The summed E-state index contributed by atoms with van der Waals surface area (Å²) in [6, 6.07) is -0.811. The zero-order valence-corrected chi connectivity index (χ0v) is 10.2. The van der Waals surface area contributed by atoms with E-state index >= 15 is 0 Å². The molecule has 0 aromatic rings. The van der Waals surface area contributed by atoms with Crippen LogP contribution in [0.4, 0.5) is 0 Å². The van der Waals surface area contributed by atoms with E-state index in [1.165, 1.54) is 4.90 Å². The van der Waals surface area contributed by atoms with Crippen molar-refractivity contribution in [1.29, 1.82) is 0 Å². The molecule has 1 aliphatic rings. The molecule has 3 amide bonds. The van der Waals surface area contributed by atoms with Crippen LogP contribution < -0.4 is 11.1 Å². The molecule has 0 aromatic heterocycles. The molecule has 0 radical (unpaired) electrons. The molecule has 2 unspecified atom stereocenters. The van der Waals surface area contributed by atoms with Crippen molar-refractivity contribution < 1.29 is 14.4 Å². The first kappa shape index (κ1) is 13.6. The van der Waals surface area contributed by atoms with E-state index in [2.05, 4.69) is 5.32 Å². The van der Waals surface area contributed by atoms with E-state index < -0.39 is 17.9 Å². The molecular formula is C11H19N3O3. The summed E-state index contributed by atoms with van der Waals surface area (Å²) >= 11 is 0. The molecule has 17 heavy (non-hydrogen) atoms. The quantitative estimate of drug-likeness (QED) is 0.641. The van der Waals surface area contributed by atoms with Crippen molar-refractivity contribution in [3.05, 3.63) is 0 Å². The highest BCUT2D eigenvalue weighted by Gasteiger charge is 2.33. The van der Waals surface area contributed by atoms with Crippen LogP contribution in [0.3, 0.4) is 0 Å². The Morgan fingerprint density at radius 3 is 2.82 bits per heavy atom. The van der Waals surface area contributed by atoms with Crippen LogP contribution in [0, 0.1) is 0 Å². The number of nitrogens with two attached hydrogens (primary N) is 1. The number of carbonyl (C=O) groups is 3. The number of hydrogen-bond donors (Lipinski definition) is 2. The van der Waals surface area contributed by atoms with Crippen molar-refractivity contribution in [2.45, 2.75) is 45.2 Å². The van der Waals surface area contributed by atoms with Crippen molar-refractivity contribution in [1.82, 2.24) is 10.2 Å². The summed E-state index contributed by atoms with van der Waals surface area (Å²) in [7, 11) is 0. The number of rotatable bonds is 4. The second kappa shape index (κ2) is 5.77. The molecule has 1 fully saturated rings. The van der Waals surface area contributed by atoms with Gasteiger partial charge in [-0.05, 0) is 13.3 Å². The number of piperazine rings is 1. The van der Waals surface area contributed by atoms with E-state index in [-0.39, 0.29) is 24.9 Å². The summed E-state index contributed by atoms with van der Waals surface area (Å²) in [5.41, 5.74) is 5.77. The van der Waals surface area contributed by atoms with Gasteiger partial charge in [0.15, 0.2) is 0 Å². The number of nitrogens with one attached hydrogen (secondary N) is 1. The monoisotopic (exact) mass is 241 g/mol. The lowest BCUT2D eigenvalue weighted by Gasteiger charge is -2.32. The molecule has 0 spiro atoms. The first-order chi connectivity index (χ1) is 7.95. The Hall–Kier alpha value is -1.43. The lowest BCUT2D eigenvalue weighted by atomic mass is 10.1. The molecule has 0 saturated carbocycles. The van der Waals surface area contributed by atoms with Crippen molar-refractivity contribution in [2.24, 2.45) is 5.73 Å². The third-order valence-electron chi connectivity index (χ3n) is 2.84. The van der Waals surface area contributed by atoms with E-state index in [9.17, 15) is 14.4 Å². The first-order valence-electron chi connectivity index (χ1n) is 5.84. The van der Waals surface area contributed by atoms with Crippen LogP contribution in [0.1, 0.15) is 33.1 Å². The summed E-state index contributed by atoms with van der Waals surface area (Å²) in [5, 5.41) is 2.19. The maximum Gasteiger partial charge on any atom is 0.249 e. The highest BCUT2D eigenvalue weighted by atomic mass is 16.2. The SMILES string of the molecule is CCCC(N)CC(=O)N1CC(=O)NC(=O)C1C. The fourth-order valence-corrected chi connectivity index (χ4v) is 1.83. The van der Waals surface area contributed by atoms with Gasteiger partial charge in [-0.1, -0.05) is 13.3 Å². The minimum Gasteiger partial charge on any atom is -0.327 e. The third kappa shape index (κ3) is 3.52. The molecule has 2 atom stereocenters. The molecule has 6 nitrogen and oxygen atoms in total. The van der Waals surface area contributed by atoms with Crippen LogP contribution in [0.25, 0.3) is 0 Å². The van der Waals surface area contributed by atoms with Gasteiger partial charge in [-0.2, -0.15) is 0 Å². The van der Waals surface area contributed by atoms with Gasteiger partial charge in [0, 0.05) is 12.5 Å². The number of carbonyl (C=O) groups excluding carboxylic acids is 3. The Labute approximate surface area is 101 Å². The van der Waals surface area contributed by atoms with Crippen LogP contribution in [0.5, 0.6) is 0 Å². The van der Waals surface area contributed by atoms with Crippen LogP contribution >= 0.6 is 0 Å². The minimum atomic E-state index is -0.603. The first-order valence-corrected chi connectivity index (χ1v) is 5.84. The van der Waals surface area contributed by atoms with Gasteiger partial charge in [0.2, 0.25) is 17.7 Å². The second-order valence-corrected chi connectivity index (χ2v) is 4.36. The number of amides is 3. The fraction of sp³-hybridized carbons (Fsp3) is 0.727.